The maximum atomic E-state index is 11.2. The molecule has 1 aliphatic rings. The van der Waals surface area contributed by atoms with Crippen LogP contribution in [0, 0.1) is 0 Å². The molecule has 0 amide bonds. The molecular formula is C10H11ClN2O3. The van der Waals surface area contributed by atoms with Crippen molar-refractivity contribution in [2.24, 2.45) is 0 Å². The average molecular weight is 243 g/mol. The zero-order valence-corrected chi connectivity index (χ0v) is 9.53. The maximum absolute atomic E-state index is 11.2. The molecule has 0 fully saturated rings. The van der Waals surface area contributed by atoms with Crippen molar-refractivity contribution in [2.75, 3.05) is 6.61 Å². The lowest BCUT2D eigenvalue weighted by atomic mass is 10.3. The zero-order valence-electron chi connectivity index (χ0n) is 8.77. The molecule has 1 aliphatic heterocycles. The third-order valence-corrected chi connectivity index (χ3v) is 2.24. The van der Waals surface area contributed by atoms with Gasteiger partial charge in [0.2, 0.25) is 0 Å². The number of nitrogens with zero attached hydrogens (tertiary/aromatic N) is 2. The number of allylic oxidation sites excluding steroid dienone is 1. The molecule has 0 unspecified atom stereocenters. The summed E-state index contributed by atoms with van der Waals surface area (Å²) >= 11 is 5.80. The molecule has 0 aromatic carbocycles. The lowest BCUT2D eigenvalue weighted by molar-refractivity contribution is -0.142. The van der Waals surface area contributed by atoms with Crippen molar-refractivity contribution in [1.29, 1.82) is 0 Å². The first-order valence-electron chi connectivity index (χ1n) is 4.92. The van der Waals surface area contributed by atoms with Crippen molar-refractivity contribution in [2.45, 2.75) is 19.9 Å². The highest BCUT2D eigenvalue weighted by atomic mass is 35.5. The van der Waals surface area contributed by atoms with Gasteiger partial charge < -0.3 is 9.47 Å². The summed E-state index contributed by atoms with van der Waals surface area (Å²) in [5.74, 6) is -0.294. The third-order valence-electron chi connectivity index (χ3n) is 2.03. The van der Waals surface area contributed by atoms with Crippen molar-refractivity contribution in [3.8, 4) is 6.01 Å². The Morgan fingerprint density at radius 2 is 2.56 bits per heavy atom. The molecule has 0 radical (unpaired) electrons. The monoisotopic (exact) mass is 242 g/mol. The number of carbonyl (C=O) groups excluding carboxylic acids is 1. The summed E-state index contributed by atoms with van der Waals surface area (Å²) in [4.78, 5) is 15.4. The van der Waals surface area contributed by atoms with Crippen LogP contribution in [0.2, 0.25) is 0 Å². The summed E-state index contributed by atoms with van der Waals surface area (Å²) in [5.41, 5.74) is 0.619. The molecule has 0 bridgehead atoms. The second kappa shape index (κ2) is 4.57. The Balaban J connectivity index is 2.06. The number of hydrogen-bond donors (Lipinski definition) is 0. The summed E-state index contributed by atoms with van der Waals surface area (Å²) in [7, 11) is 0. The van der Waals surface area contributed by atoms with Crippen LogP contribution in [0.1, 0.15) is 12.6 Å². The van der Waals surface area contributed by atoms with Gasteiger partial charge in [-0.2, -0.15) is 4.98 Å². The quantitative estimate of drug-likeness (QED) is 0.753. The van der Waals surface area contributed by atoms with Crippen LogP contribution < -0.4 is 4.74 Å². The van der Waals surface area contributed by atoms with E-state index in [9.17, 15) is 4.79 Å². The summed E-state index contributed by atoms with van der Waals surface area (Å²) in [6.07, 6.45) is 3.33. The van der Waals surface area contributed by atoms with E-state index in [-0.39, 0.29) is 12.4 Å². The van der Waals surface area contributed by atoms with E-state index in [1.807, 2.05) is 0 Å². The van der Waals surface area contributed by atoms with Crippen LogP contribution in [0.4, 0.5) is 0 Å². The van der Waals surface area contributed by atoms with E-state index in [2.05, 4.69) is 4.98 Å². The van der Waals surface area contributed by atoms with E-state index < -0.39 is 0 Å². The first-order chi connectivity index (χ1) is 7.69. The molecular weight excluding hydrogens is 232 g/mol. The maximum Gasteiger partial charge on any atom is 0.311 e. The molecule has 0 saturated heterocycles. The molecule has 0 N–H and O–H groups in total. The molecule has 6 heteroatoms. The fraction of sp³-hybridized carbons (Fsp3) is 0.400. The van der Waals surface area contributed by atoms with Crippen molar-refractivity contribution in [3.05, 3.63) is 23.2 Å². The Morgan fingerprint density at radius 1 is 1.75 bits per heavy atom. The molecule has 0 spiro atoms. The number of aromatic nitrogens is 2. The van der Waals surface area contributed by atoms with Gasteiger partial charge in [-0.3, -0.25) is 9.36 Å². The molecule has 1 aromatic heterocycles. The van der Waals surface area contributed by atoms with Gasteiger partial charge in [-0.1, -0.05) is 11.6 Å². The lowest BCUT2D eigenvalue weighted by Crippen LogP contribution is -2.07. The smallest absolute Gasteiger partial charge is 0.311 e. The number of fused-ring (bicyclic) bond motifs is 1. The normalized spacial score (nSPS) is 13.8. The summed E-state index contributed by atoms with van der Waals surface area (Å²) < 4.78 is 11.7. The van der Waals surface area contributed by atoms with Crippen LogP contribution in [0.25, 0.3) is 0 Å². The van der Waals surface area contributed by atoms with Crippen LogP contribution in [0.3, 0.4) is 0 Å². The highest BCUT2D eigenvalue weighted by Gasteiger charge is 2.16. The van der Waals surface area contributed by atoms with E-state index in [4.69, 9.17) is 21.1 Å². The van der Waals surface area contributed by atoms with Crippen LogP contribution >= 0.6 is 11.6 Å². The Morgan fingerprint density at radius 3 is 3.31 bits per heavy atom. The minimum Gasteiger partial charge on any atom is -0.466 e. The SMILES string of the molecule is CCOC(=O)Cc1cn2c(n1)OC=C(Cl)C2. The summed E-state index contributed by atoms with van der Waals surface area (Å²) in [5, 5.41) is 0.590. The highest BCUT2D eigenvalue weighted by molar-refractivity contribution is 6.29. The van der Waals surface area contributed by atoms with Gasteiger partial charge in [0.15, 0.2) is 0 Å². The number of imidazole rings is 1. The fourth-order valence-electron chi connectivity index (χ4n) is 1.42. The summed E-state index contributed by atoms with van der Waals surface area (Å²) in [6.45, 7) is 2.66. The van der Waals surface area contributed by atoms with Crippen molar-refractivity contribution in [3.63, 3.8) is 0 Å². The van der Waals surface area contributed by atoms with Crippen molar-refractivity contribution in [1.82, 2.24) is 9.55 Å². The molecule has 0 atom stereocenters. The first-order valence-corrected chi connectivity index (χ1v) is 5.29. The van der Waals surface area contributed by atoms with Gasteiger partial charge in [-0.25, -0.2) is 0 Å². The van der Waals surface area contributed by atoms with E-state index >= 15 is 0 Å². The predicted octanol–water partition coefficient (Wildman–Crippen LogP) is 1.46. The Kier molecular flexibility index (Phi) is 3.14. The van der Waals surface area contributed by atoms with Crippen LogP contribution in [-0.4, -0.2) is 22.1 Å². The van der Waals surface area contributed by atoms with E-state index in [0.29, 0.717) is 29.9 Å². The topological polar surface area (TPSA) is 53.4 Å². The Labute approximate surface area is 97.6 Å². The predicted molar refractivity (Wildman–Crippen MR) is 57.1 cm³/mol. The standard InChI is InChI=1S/C10H11ClN2O3/c1-2-15-9(14)3-8-5-13-4-7(11)6-16-10(13)12-8/h5-6H,2-4H2,1H3. The number of hydrogen-bond acceptors (Lipinski definition) is 4. The van der Waals surface area contributed by atoms with Gasteiger partial charge in [0, 0.05) is 6.20 Å². The van der Waals surface area contributed by atoms with E-state index in [1.54, 1.807) is 17.7 Å². The molecule has 5 nitrogen and oxygen atoms in total. The van der Waals surface area contributed by atoms with Crippen LogP contribution in [0.15, 0.2) is 17.5 Å². The van der Waals surface area contributed by atoms with Crippen LogP contribution in [0.5, 0.6) is 6.01 Å². The molecule has 16 heavy (non-hydrogen) atoms. The number of esters is 1. The average Bonchev–Trinajstić information content (AvgIpc) is 2.59. The minimum absolute atomic E-state index is 0.148. The number of rotatable bonds is 3. The highest BCUT2D eigenvalue weighted by Crippen LogP contribution is 2.21. The third kappa shape index (κ3) is 2.36. The van der Waals surface area contributed by atoms with E-state index in [0.717, 1.165) is 0 Å². The van der Waals surface area contributed by atoms with Gasteiger partial charge in [0.1, 0.15) is 6.26 Å². The molecule has 2 heterocycles. The van der Waals surface area contributed by atoms with Gasteiger partial charge in [0.25, 0.3) is 0 Å². The second-order valence-corrected chi connectivity index (χ2v) is 3.79. The van der Waals surface area contributed by atoms with Gasteiger partial charge in [-0.05, 0) is 6.92 Å². The van der Waals surface area contributed by atoms with Gasteiger partial charge in [-0.15, -0.1) is 0 Å². The second-order valence-electron chi connectivity index (χ2n) is 3.31. The molecule has 0 aliphatic carbocycles. The van der Waals surface area contributed by atoms with E-state index in [1.165, 1.54) is 6.26 Å². The molecule has 2 rings (SSSR count). The largest absolute Gasteiger partial charge is 0.466 e. The Hall–Kier alpha value is -1.49. The van der Waals surface area contributed by atoms with Crippen LogP contribution in [-0.2, 0) is 22.5 Å². The fourth-order valence-corrected chi connectivity index (χ4v) is 1.59. The zero-order chi connectivity index (χ0) is 11.5. The number of ether oxygens (including phenoxy) is 2. The number of halogens is 1. The summed E-state index contributed by atoms with van der Waals surface area (Å²) in [6, 6.07) is 0.448. The van der Waals surface area contributed by atoms with Gasteiger partial charge in [0.05, 0.1) is 30.3 Å². The lowest BCUT2D eigenvalue weighted by Gasteiger charge is -2.10. The number of carbonyl (C=O) groups is 1. The first kappa shape index (κ1) is 11.0. The minimum atomic E-state index is -0.294. The van der Waals surface area contributed by atoms with Gasteiger partial charge >= 0.3 is 12.0 Å². The molecule has 1 aromatic rings. The Bertz CT molecular complexity index is 439. The molecule has 86 valence electrons. The van der Waals surface area contributed by atoms with Crippen molar-refractivity contribution < 1.29 is 14.3 Å². The van der Waals surface area contributed by atoms with Crippen molar-refractivity contribution >= 4 is 17.6 Å². The molecule has 0 saturated carbocycles.